The third kappa shape index (κ3) is 3.06. The maximum absolute atomic E-state index is 4.59. The van der Waals surface area contributed by atoms with E-state index >= 15 is 0 Å². The number of benzene rings is 1. The van der Waals surface area contributed by atoms with Crippen LogP contribution in [0.3, 0.4) is 0 Å². The number of rotatable bonds is 5. The average molecular weight is 306 g/mol. The fourth-order valence-electron chi connectivity index (χ4n) is 2.47. The Labute approximate surface area is 134 Å². The van der Waals surface area contributed by atoms with Crippen LogP contribution in [0.5, 0.6) is 0 Å². The standard InChI is InChI=1S/C17H18N6/c1-12(19-16-9-10-18-17(20-16)13-7-8-13)15-11-23(22-21-15)14-5-3-2-4-6-14/h2-6,9-13H,7-8H2,1H3,(H,18,19,20). The second kappa shape index (κ2) is 5.79. The zero-order valence-electron chi connectivity index (χ0n) is 12.9. The first-order chi connectivity index (χ1) is 11.3. The molecule has 1 saturated carbocycles. The summed E-state index contributed by atoms with van der Waals surface area (Å²) in [5.41, 5.74) is 1.87. The Morgan fingerprint density at radius 2 is 2.00 bits per heavy atom. The predicted molar refractivity (Wildman–Crippen MR) is 87.4 cm³/mol. The van der Waals surface area contributed by atoms with Crippen LogP contribution in [0.1, 0.15) is 43.2 Å². The number of nitrogens with zero attached hydrogens (tertiary/aromatic N) is 5. The monoisotopic (exact) mass is 306 g/mol. The first-order valence-corrected chi connectivity index (χ1v) is 7.87. The van der Waals surface area contributed by atoms with Crippen LogP contribution in [0.4, 0.5) is 5.82 Å². The van der Waals surface area contributed by atoms with Crippen molar-refractivity contribution < 1.29 is 0 Å². The van der Waals surface area contributed by atoms with E-state index in [0.29, 0.717) is 5.92 Å². The summed E-state index contributed by atoms with van der Waals surface area (Å²) in [7, 11) is 0. The Kier molecular flexibility index (Phi) is 3.49. The zero-order valence-corrected chi connectivity index (χ0v) is 12.9. The minimum atomic E-state index is 0.0226. The molecule has 0 radical (unpaired) electrons. The maximum Gasteiger partial charge on any atom is 0.133 e. The molecule has 0 spiro atoms. The average Bonchev–Trinajstić information content (AvgIpc) is 3.32. The van der Waals surface area contributed by atoms with Crippen molar-refractivity contribution in [3.63, 3.8) is 0 Å². The lowest BCUT2D eigenvalue weighted by atomic mass is 10.2. The van der Waals surface area contributed by atoms with Gasteiger partial charge in [-0.1, -0.05) is 23.4 Å². The summed E-state index contributed by atoms with van der Waals surface area (Å²) >= 11 is 0. The van der Waals surface area contributed by atoms with E-state index in [-0.39, 0.29) is 6.04 Å². The van der Waals surface area contributed by atoms with Gasteiger partial charge in [-0.05, 0) is 38.0 Å². The van der Waals surface area contributed by atoms with Gasteiger partial charge in [0.1, 0.15) is 17.3 Å². The number of hydrogen-bond donors (Lipinski definition) is 1. The van der Waals surface area contributed by atoms with E-state index in [1.54, 1.807) is 4.68 Å². The van der Waals surface area contributed by atoms with E-state index in [1.165, 1.54) is 12.8 Å². The van der Waals surface area contributed by atoms with Gasteiger partial charge >= 0.3 is 0 Å². The number of hydrogen-bond acceptors (Lipinski definition) is 5. The van der Waals surface area contributed by atoms with Gasteiger partial charge in [-0.2, -0.15) is 0 Å². The fraction of sp³-hybridized carbons (Fsp3) is 0.294. The van der Waals surface area contributed by atoms with Crippen LogP contribution in [0.25, 0.3) is 5.69 Å². The number of aromatic nitrogens is 5. The maximum atomic E-state index is 4.59. The van der Waals surface area contributed by atoms with Crippen LogP contribution in [-0.4, -0.2) is 25.0 Å². The van der Waals surface area contributed by atoms with Crippen molar-refractivity contribution in [2.75, 3.05) is 5.32 Å². The van der Waals surface area contributed by atoms with Gasteiger partial charge in [0.25, 0.3) is 0 Å². The molecule has 1 N–H and O–H groups in total. The highest BCUT2D eigenvalue weighted by atomic mass is 15.4. The topological polar surface area (TPSA) is 68.5 Å². The summed E-state index contributed by atoms with van der Waals surface area (Å²) in [6, 6.07) is 11.9. The molecular weight excluding hydrogens is 288 g/mol. The molecule has 0 bridgehead atoms. The molecule has 1 aromatic carbocycles. The summed E-state index contributed by atoms with van der Waals surface area (Å²) in [4.78, 5) is 8.93. The molecule has 0 saturated heterocycles. The van der Waals surface area contributed by atoms with Gasteiger partial charge in [0, 0.05) is 12.1 Å². The van der Waals surface area contributed by atoms with Gasteiger partial charge in [-0.3, -0.25) is 0 Å². The van der Waals surface area contributed by atoms with Gasteiger partial charge in [-0.25, -0.2) is 14.6 Å². The number of anilines is 1. The molecule has 1 atom stereocenters. The Morgan fingerprint density at radius 3 is 2.78 bits per heavy atom. The minimum Gasteiger partial charge on any atom is -0.362 e. The van der Waals surface area contributed by atoms with Crippen molar-refractivity contribution >= 4 is 5.82 Å². The van der Waals surface area contributed by atoms with Crippen molar-refractivity contribution in [1.82, 2.24) is 25.0 Å². The molecule has 23 heavy (non-hydrogen) atoms. The van der Waals surface area contributed by atoms with Gasteiger partial charge in [0.2, 0.25) is 0 Å². The van der Waals surface area contributed by atoms with Crippen LogP contribution < -0.4 is 5.32 Å². The molecule has 3 aromatic rings. The lowest BCUT2D eigenvalue weighted by molar-refractivity contribution is 0.777. The first kappa shape index (κ1) is 13.9. The predicted octanol–water partition coefficient (Wildman–Crippen LogP) is 3.11. The highest BCUT2D eigenvalue weighted by Gasteiger charge is 2.26. The number of para-hydroxylation sites is 1. The van der Waals surface area contributed by atoms with Crippen LogP contribution in [0.15, 0.2) is 48.8 Å². The fourth-order valence-corrected chi connectivity index (χ4v) is 2.47. The van der Waals surface area contributed by atoms with Crippen molar-refractivity contribution in [3.8, 4) is 5.69 Å². The van der Waals surface area contributed by atoms with Crippen LogP contribution in [0.2, 0.25) is 0 Å². The van der Waals surface area contributed by atoms with Crippen LogP contribution >= 0.6 is 0 Å². The zero-order chi connectivity index (χ0) is 15.6. The van der Waals surface area contributed by atoms with Crippen molar-refractivity contribution in [2.24, 2.45) is 0 Å². The molecule has 116 valence electrons. The van der Waals surface area contributed by atoms with Crippen molar-refractivity contribution in [2.45, 2.75) is 31.7 Å². The van der Waals surface area contributed by atoms with Crippen LogP contribution in [-0.2, 0) is 0 Å². The normalized spacial score (nSPS) is 15.3. The van der Waals surface area contributed by atoms with E-state index < -0.39 is 0 Å². The summed E-state index contributed by atoms with van der Waals surface area (Å²) in [5, 5.41) is 11.8. The first-order valence-electron chi connectivity index (χ1n) is 7.87. The van der Waals surface area contributed by atoms with E-state index in [1.807, 2.05) is 48.8 Å². The smallest absolute Gasteiger partial charge is 0.133 e. The van der Waals surface area contributed by atoms with E-state index in [4.69, 9.17) is 0 Å². The molecule has 1 fully saturated rings. The molecule has 2 heterocycles. The van der Waals surface area contributed by atoms with Gasteiger partial charge < -0.3 is 5.32 Å². The molecule has 1 aliphatic rings. The summed E-state index contributed by atoms with van der Waals surface area (Å²) in [5.74, 6) is 2.32. The molecule has 1 aliphatic carbocycles. The largest absolute Gasteiger partial charge is 0.362 e. The molecular formula is C17H18N6. The Hall–Kier alpha value is -2.76. The molecule has 6 nitrogen and oxygen atoms in total. The van der Waals surface area contributed by atoms with Gasteiger partial charge in [-0.15, -0.1) is 5.10 Å². The lowest BCUT2D eigenvalue weighted by Gasteiger charge is -2.12. The molecule has 4 rings (SSSR count). The number of nitrogens with one attached hydrogen (secondary N) is 1. The van der Waals surface area contributed by atoms with Crippen molar-refractivity contribution in [3.05, 3.63) is 60.3 Å². The summed E-state index contributed by atoms with van der Waals surface area (Å²) in [6.07, 6.45) is 6.15. The lowest BCUT2D eigenvalue weighted by Crippen LogP contribution is -2.09. The SMILES string of the molecule is CC(Nc1ccnc(C2CC2)n1)c1cn(-c2ccccc2)nn1. The second-order valence-electron chi connectivity index (χ2n) is 5.86. The third-order valence-electron chi connectivity index (χ3n) is 3.96. The highest BCUT2D eigenvalue weighted by Crippen LogP contribution is 2.38. The third-order valence-corrected chi connectivity index (χ3v) is 3.96. The summed E-state index contributed by atoms with van der Waals surface area (Å²) < 4.78 is 1.78. The molecule has 1 unspecified atom stereocenters. The quantitative estimate of drug-likeness (QED) is 0.784. The Morgan fingerprint density at radius 1 is 1.17 bits per heavy atom. The molecule has 0 aliphatic heterocycles. The second-order valence-corrected chi connectivity index (χ2v) is 5.86. The molecule has 2 aromatic heterocycles. The summed E-state index contributed by atoms with van der Waals surface area (Å²) in [6.45, 7) is 2.05. The van der Waals surface area contributed by atoms with E-state index in [0.717, 1.165) is 23.0 Å². The van der Waals surface area contributed by atoms with Crippen molar-refractivity contribution in [1.29, 1.82) is 0 Å². The van der Waals surface area contributed by atoms with Gasteiger partial charge in [0.15, 0.2) is 0 Å². The van der Waals surface area contributed by atoms with E-state index in [2.05, 4.69) is 32.5 Å². The minimum absolute atomic E-state index is 0.0226. The Balaban J connectivity index is 1.50. The molecule has 0 amide bonds. The highest BCUT2D eigenvalue weighted by molar-refractivity contribution is 5.37. The van der Waals surface area contributed by atoms with E-state index in [9.17, 15) is 0 Å². The van der Waals surface area contributed by atoms with Crippen LogP contribution in [0, 0.1) is 0 Å². The Bertz CT molecular complexity index is 794. The van der Waals surface area contributed by atoms with Gasteiger partial charge in [0.05, 0.1) is 17.9 Å². The molecule has 6 heteroatoms.